The number of nitrogens with one attached hydrogen (secondary N) is 1. The first-order valence-electron chi connectivity index (χ1n) is 11.9. The van der Waals surface area contributed by atoms with Crippen molar-refractivity contribution in [2.24, 2.45) is 0 Å². The predicted octanol–water partition coefficient (Wildman–Crippen LogP) is 5.55. The molecule has 2 aromatic heterocycles. The molecule has 0 saturated heterocycles. The van der Waals surface area contributed by atoms with Crippen LogP contribution >= 0.6 is 0 Å². The number of phenols is 1. The Morgan fingerprint density at radius 2 is 1.49 bits per heavy atom. The summed E-state index contributed by atoms with van der Waals surface area (Å²) in [6.45, 7) is 12.7. The highest BCUT2D eigenvalue weighted by atomic mass is 16.3. The monoisotopic (exact) mass is 470 g/mol. The van der Waals surface area contributed by atoms with Crippen molar-refractivity contribution in [3.05, 3.63) is 88.8 Å². The van der Waals surface area contributed by atoms with Crippen LogP contribution in [0.25, 0.3) is 11.0 Å². The normalized spacial score (nSPS) is 12.3. The molecule has 4 aromatic rings. The Balaban J connectivity index is 1.80. The van der Waals surface area contributed by atoms with Gasteiger partial charge in [0.05, 0.1) is 24.1 Å². The lowest BCUT2D eigenvalue weighted by atomic mass is 9.78. The number of pyridine rings is 1. The maximum atomic E-state index is 13.6. The average molecular weight is 471 g/mol. The zero-order valence-electron chi connectivity index (χ0n) is 21.4. The Bertz CT molecular complexity index is 1410. The molecular formula is C29H34N4O2. The van der Waals surface area contributed by atoms with Gasteiger partial charge in [-0.2, -0.15) is 0 Å². The molecule has 0 bridgehead atoms. The van der Waals surface area contributed by atoms with E-state index in [0.717, 1.165) is 27.7 Å². The third-order valence-corrected chi connectivity index (χ3v) is 6.39. The van der Waals surface area contributed by atoms with Gasteiger partial charge in [-0.25, -0.2) is 0 Å². The van der Waals surface area contributed by atoms with E-state index in [9.17, 15) is 9.90 Å². The molecule has 4 rings (SSSR count). The zero-order valence-corrected chi connectivity index (χ0v) is 21.4. The van der Waals surface area contributed by atoms with Gasteiger partial charge < -0.3 is 14.2 Å². The standard InChI is InChI=1S/C29H34N4O2/c1-28(2,3)21-14-20(15-22(26(21)35)29(4,5)6)25(34)18-33-24-12-8-7-11-23(24)32(27(33)30)17-19-10-9-13-31-16-19/h7-16,30,35H,17-18H2,1-6H3. The summed E-state index contributed by atoms with van der Waals surface area (Å²) in [5.74, 6) is 0.159. The van der Waals surface area contributed by atoms with Crippen LogP contribution in [0, 0.1) is 5.41 Å². The van der Waals surface area contributed by atoms with Crippen LogP contribution in [-0.4, -0.2) is 25.0 Å². The van der Waals surface area contributed by atoms with E-state index < -0.39 is 0 Å². The Hall–Kier alpha value is -3.67. The quantitative estimate of drug-likeness (QED) is 0.375. The number of fused-ring (bicyclic) bond motifs is 1. The number of rotatable bonds is 5. The maximum Gasteiger partial charge on any atom is 0.203 e. The van der Waals surface area contributed by atoms with Gasteiger partial charge in [-0.05, 0) is 46.7 Å². The highest BCUT2D eigenvalue weighted by Crippen LogP contribution is 2.40. The molecule has 182 valence electrons. The molecule has 2 heterocycles. The van der Waals surface area contributed by atoms with Crippen molar-refractivity contribution in [1.29, 1.82) is 5.41 Å². The second-order valence-electron chi connectivity index (χ2n) is 11.2. The number of hydrogen-bond acceptors (Lipinski definition) is 4. The van der Waals surface area contributed by atoms with E-state index in [1.165, 1.54) is 0 Å². The van der Waals surface area contributed by atoms with Crippen LogP contribution in [0.3, 0.4) is 0 Å². The first-order valence-corrected chi connectivity index (χ1v) is 11.9. The number of carbonyl (C=O) groups excluding carboxylic acids is 1. The van der Waals surface area contributed by atoms with E-state index in [0.29, 0.717) is 12.1 Å². The summed E-state index contributed by atoms with van der Waals surface area (Å²) in [7, 11) is 0. The lowest BCUT2D eigenvalue weighted by molar-refractivity contribution is 0.0971. The molecule has 0 saturated carbocycles. The summed E-state index contributed by atoms with van der Waals surface area (Å²) in [5, 5.41) is 19.9. The summed E-state index contributed by atoms with van der Waals surface area (Å²) in [4.78, 5) is 17.8. The molecule has 2 N–H and O–H groups in total. The number of aromatic hydroxyl groups is 1. The molecule has 6 heteroatoms. The smallest absolute Gasteiger partial charge is 0.203 e. The number of phenolic OH excluding ortho intramolecular Hbond substituents is 1. The number of Topliss-reactive ketones (excluding diaryl/α,β-unsaturated/α-hetero) is 1. The van der Waals surface area contributed by atoms with Crippen molar-refractivity contribution in [3.63, 3.8) is 0 Å². The number of hydrogen-bond donors (Lipinski definition) is 2. The van der Waals surface area contributed by atoms with Gasteiger partial charge >= 0.3 is 0 Å². The fraction of sp³-hybridized carbons (Fsp3) is 0.345. The molecule has 0 atom stereocenters. The first kappa shape index (κ1) is 24.5. The van der Waals surface area contributed by atoms with Gasteiger partial charge in [-0.3, -0.25) is 15.2 Å². The number of aromatic nitrogens is 3. The van der Waals surface area contributed by atoms with E-state index in [1.54, 1.807) is 17.0 Å². The van der Waals surface area contributed by atoms with E-state index in [-0.39, 0.29) is 34.5 Å². The van der Waals surface area contributed by atoms with Gasteiger partial charge in [0.15, 0.2) is 5.78 Å². The van der Waals surface area contributed by atoms with Crippen LogP contribution in [0.2, 0.25) is 0 Å². The molecule has 35 heavy (non-hydrogen) atoms. The van der Waals surface area contributed by atoms with Crippen LogP contribution in [0.15, 0.2) is 60.9 Å². The van der Waals surface area contributed by atoms with Gasteiger partial charge in [-0.15, -0.1) is 0 Å². The lowest BCUT2D eigenvalue weighted by Gasteiger charge is -2.28. The molecule has 0 amide bonds. The molecule has 0 aliphatic rings. The van der Waals surface area contributed by atoms with Gasteiger partial charge in [0, 0.05) is 29.1 Å². The van der Waals surface area contributed by atoms with Crippen LogP contribution < -0.4 is 5.62 Å². The van der Waals surface area contributed by atoms with Crippen LogP contribution in [-0.2, 0) is 23.9 Å². The Morgan fingerprint density at radius 3 is 2.00 bits per heavy atom. The maximum absolute atomic E-state index is 13.6. The SMILES string of the molecule is CC(C)(C)c1cc(C(=O)Cn2c(=N)n(Cc3cccnc3)c3ccccc32)cc(C(C)(C)C)c1O. The highest BCUT2D eigenvalue weighted by molar-refractivity contribution is 5.97. The number of nitrogens with zero attached hydrogens (tertiary/aromatic N) is 3. The van der Waals surface area contributed by atoms with E-state index in [1.807, 2.05) is 94.6 Å². The third-order valence-electron chi connectivity index (χ3n) is 6.39. The van der Waals surface area contributed by atoms with E-state index in [2.05, 4.69) is 4.98 Å². The second-order valence-corrected chi connectivity index (χ2v) is 11.2. The number of ketones is 1. The van der Waals surface area contributed by atoms with Gasteiger partial charge in [0.2, 0.25) is 5.62 Å². The van der Waals surface area contributed by atoms with Crippen LogP contribution in [0.1, 0.15) is 68.6 Å². The number of para-hydroxylation sites is 2. The third kappa shape index (κ3) is 4.78. The minimum absolute atomic E-state index is 0.0390. The highest BCUT2D eigenvalue weighted by Gasteiger charge is 2.28. The van der Waals surface area contributed by atoms with E-state index in [4.69, 9.17) is 5.41 Å². The van der Waals surface area contributed by atoms with E-state index >= 15 is 0 Å². The molecule has 0 radical (unpaired) electrons. The summed E-state index contributed by atoms with van der Waals surface area (Å²) >= 11 is 0. The Morgan fingerprint density at radius 1 is 0.914 bits per heavy atom. The van der Waals surface area contributed by atoms with Crippen molar-refractivity contribution in [2.45, 2.75) is 65.5 Å². The molecular weight excluding hydrogens is 436 g/mol. The summed E-state index contributed by atoms with van der Waals surface area (Å²) in [6, 6.07) is 15.3. The Kier molecular flexibility index (Phi) is 6.18. The molecule has 6 nitrogen and oxygen atoms in total. The number of carbonyl (C=O) groups is 1. The molecule has 0 unspecified atom stereocenters. The fourth-order valence-electron chi connectivity index (χ4n) is 4.46. The van der Waals surface area contributed by atoms with Crippen molar-refractivity contribution in [3.8, 4) is 5.75 Å². The molecule has 0 spiro atoms. The summed E-state index contributed by atoms with van der Waals surface area (Å²) < 4.78 is 3.66. The molecule has 2 aromatic carbocycles. The Labute approximate surface area is 206 Å². The molecule has 0 fully saturated rings. The largest absolute Gasteiger partial charge is 0.507 e. The molecule has 0 aliphatic carbocycles. The summed E-state index contributed by atoms with van der Waals surface area (Å²) in [6.07, 6.45) is 3.52. The van der Waals surface area contributed by atoms with Crippen molar-refractivity contribution in [2.75, 3.05) is 0 Å². The van der Waals surface area contributed by atoms with Crippen LogP contribution in [0.5, 0.6) is 5.75 Å². The average Bonchev–Trinajstić information content (AvgIpc) is 3.04. The number of imidazole rings is 1. The van der Waals surface area contributed by atoms with Gasteiger partial charge in [-0.1, -0.05) is 59.7 Å². The van der Waals surface area contributed by atoms with Crippen molar-refractivity contribution in [1.82, 2.24) is 14.1 Å². The second kappa shape index (κ2) is 8.84. The lowest BCUT2D eigenvalue weighted by Crippen LogP contribution is -2.28. The van der Waals surface area contributed by atoms with Gasteiger partial charge in [0.1, 0.15) is 5.75 Å². The summed E-state index contributed by atoms with van der Waals surface area (Å²) in [5.41, 5.74) is 4.38. The van der Waals surface area contributed by atoms with Crippen molar-refractivity contribution < 1.29 is 9.90 Å². The van der Waals surface area contributed by atoms with Crippen LogP contribution in [0.4, 0.5) is 0 Å². The predicted molar refractivity (Wildman–Crippen MR) is 139 cm³/mol. The molecule has 0 aliphatic heterocycles. The van der Waals surface area contributed by atoms with Gasteiger partial charge in [0.25, 0.3) is 0 Å². The van der Waals surface area contributed by atoms with Crippen molar-refractivity contribution >= 4 is 16.8 Å². The fourth-order valence-corrected chi connectivity index (χ4v) is 4.46. The minimum atomic E-state index is -0.326. The number of benzene rings is 2. The topological polar surface area (TPSA) is 83.9 Å². The minimum Gasteiger partial charge on any atom is -0.507 e. The first-order chi connectivity index (χ1) is 16.4. The zero-order chi connectivity index (χ0) is 25.5.